The molecule has 5 amide bonds. The number of likely N-dealkylation sites (N-methyl/N-ethyl adjacent to an activating group) is 1. The van der Waals surface area contributed by atoms with E-state index in [1.54, 1.807) is 29.0 Å². The number of fused-ring (bicyclic) bond motifs is 2. The number of benzene rings is 2. The number of nitrogens with one attached hydrogen (secondary N) is 3. The van der Waals surface area contributed by atoms with E-state index in [-0.39, 0.29) is 42.7 Å². The van der Waals surface area contributed by atoms with Crippen molar-refractivity contribution in [2.24, 2.45) is 11.3 Å². The van der Waals surface area contributed by atoms with Gasteiger partial charge < -0.3 is 34.6 Å². The molecule has 0 bridgehead atoms. The monoisotopic (exact) mass is 906 g/mol. The fourth-order valence-electron chi connectivity index (χ4n) is 10.3. The normalized spacial score (nSPS) is 20.4. The summed E-state index contributed by atoms with van der Waals surface area (Å²) in [4.78, 5) is 93.5. The fraction of sp³-hybridized carbons (Fsp3) is 0.489. The quantitative estimate of drug-likeness (QED) is 0.173. The summed E-state index contributed by atoms with van der Waals surface area (Å²) in [7, 11) is 1.52. The number of hydrogen-bond donors (Lipinski definition) is 3. The van der Waals surface area contributed by atoms with Crippen LogP contribution >= 0.6 is 11.6 Å². The van der Waals surface area contributed by atoms with Crippen LogP contribution < -0.4 is 36.0 Å². The van der Waals surface area contributed by atoms with Gasteiger partial charge in [0.1, 0.15) is 11.1 Å². The maximum atomic E-state index is 13.4. The molecule has 17 nitrogen and oxygen atoms in total. The molecular formula is C47H55ClN10O7. The summed E-state index contributed by atoms with van der Waals surface area (Å²) in [6.07, 6.45) is 8.41. The Kier molecular flexibility index (Phi) is 12.3. The minimum absolute atomic E-state index is 0.0921. The largest absolute Gasteiger partial charge is 0.478 e. The number of carbonyl (C=O) groups is 5. The number of likely N-dealkylation sites (tertiary alicyclic amines) is 1. The third kappa shape index (κ3) is 8.87. The highest BCUT2D eigenvalue weighted by atomic mass is 35.5. The first-order valence-electron chi connectivity index (χ1n) is 22.7. The molecule has 5 aliphatic rings. The van der Waals surface area contributed by atoms with E-state index in [1.165, 1.54) is 7.05 Å². The van der Waals surface area contributed by atoms with Crippen molar-refractivity contribution in [2.75, 3.05) is 74.6 Å². The lowest BCUT2D eigenvalue weighted by Crippen LogP contribution is -2.54. The number of nitrogens with zero attached hydrogens (tertiary/aromatic N) is 7. The zero-order valence-corrected chi connectivity index (χ0v) is 37.8. The van der Waals surface area contributed by atoms with E-state index in [2.05, 4.69) is 35.6 Å². The van der Waals surface area contributed by atoms with E-state index in [0.717, 1.165) is 112 Å². The molecule has 4 saturated heterocycles. The Labute approximate surface area is 381 Å². The van der Waals surface area contributed by atoms with Gasteiger partial charge in [-0.15, -0.1) is 0 Å². The molecule has 0 aliphatic carbocycles. The van der Waals surface area contributed by atoms with Crippen LogP contribution in [0.3, 0.4) is 0 Å². The lowest BCUT2D eigenvalue weighted by atomic mass is 9.71. The number of aromatic nitrogens is 3. The summed E-state index contributed by atoms with van der Waals surface area (Å²) in [5.74, 6) is -0.496. The molecule has 65 heavy (non-hydrogen) atoms. The Bertz CT molecular complexity index is 2610. The molecule has 1 unspecified atom stereocenters. The number of ether oxygens (including phenoxy) is 1. The van der Waals surface area contributed by atoms with Crippen LogP contribution in [-0.2, 0) is 14.4 Å². The van der Waals surface area contributed by atoms with Gasteiger partial charge in [-0.05, 0) is 126 Å². The van der Waals surface area contributed by atoms with E-state index in [4.69, 9.17) is 21.3 Å². The molecule has 2 aromatic carbocycles. The van der Waals surface area contributed by atoms with Crippen LogP contribution in [0.4, 0.5) is 23.1 Å². The van der Waals surface area contributed by atoms with Gasteiger partial charge in [-0.1, -0.05) is 11.6 Å². The van der Waals surface area contributed by atoms with Crippen LogP contribution in [0, 0.1) is 11.3 Å². The van der Waals surface area contributed by atoms with Gasteiger partial charge in [-0.2, -0.15) is 4.98 Å². The van der Waals surface area contributed by atoms with Crippen molar-refractivity contribution in [3.8, 4) is 5.75 Å². The zero-order valence-electron chi connectivity index (χ0n) is 37.0. The molecule has 9 rings (SSSR count). The molecule has 342 valence electrons. The molecule has 0 saturated carbocycles. The van der Waals surface area contributed by atoms with E-state index in [0.29, 0.717) is 39.2 Å². The first-order valence-corrected chi connectivity index (χ1v) is 23.1. The molecule has 0 radical (unpaired) electrons. The highest BCUT2D eigenvalue weighted by molar-refractivity contribution is 6.33. The SMILES string of the molecule is CNC(=O)COc1cc2cc(Nc3nc(N4CCC5(CCN(CC6CCN(c7ccc8c(c7)C(=O)N(C7CCC(=O)NC7=O)C8=O)CC6)CC5)CC4)ncc3Cl)ccc2n(C(C)C)c1=O. The van der Waals surface area contributed by atoms with Crippen LogP contribution in [0.15, 0.2) is 53.5 Å². The van der Waals surface area contributed by atoms with Crippen molar-refractivity contribution in [2.45, 2.75) is 77.3 Å². The minimum atomic E-state index is -0.973. The van der Waals surface area contributed by atoms with Crippen molar-refractivity contribution in [3.05, 3.63) is 75.2 Å². The summed E-state index contributed by atoms with van der Waals surface area (Å²) in [5.41, 5.74) is 2.99. The molecule has 5 aliphatic heterocycles. The Balaban J connectivity index is 0.761. The molecule has 1 spiro atoms. The maximum absolute atomic E-state index is 13.4. The van der Waals surface area contributed by atoms with Gasteiger partial charge in [-0.25, -0.2) is 4.98 Å². The predicted octanol–water partition coefficient (Wildman–Crippen LogP) is 4.89. The van der Waals surface area contributed by atoms with Crippen LogP contribution in [-0.4, -0.2) is 119 Å². The van der Waals surface area contributed by atoms with Gasteiger partial charge in [0.05, 0.1) is 22.8 Å². The molecule has 1 atom stereocenters. The van der Waals surface area contributed by atoms with Gasteiger partial charge in [0.15, 0.2) is 18.2 Å². The smallest absolute Gasteiger partial charge is 0.293 e. The highest BCUT2D eigenvalue weighted by Gasteiger charge is 2.45. The van der Waals surface area contributed by atoms with Crippen molar-refractivity contribution in [1.82, 2.24) is 35.0 Å². The summed E-state index contributed by atoms with van der Waals surface area (Å²) < 4.78 is 7.29. The van der Waals surface area contributed by atoms with E-state index >= 15 is 0 Å². The highest BCUT2D eigenvalue weighted by Crippen LogP contribution is 2.43. The standard InChI is InChI=1S/C47H55ClN10O7/c1-28(2)57-36-7-4-31(22-30(36)23-38(45(57)64)65-27-40(60)49-3)51-41-35(48)25-50-46(53-41)56-20-14-47(15-21-56)12-18-54(19-13-47)26-29-10-16-55(17-11-29)32-5-6-33-34(24-32)44(63)58(43(33)62)37-8-9-39(59)52-42(37)61/h4-7,22-25,28-29,37H,8-21,26-27H2,1-3H3,(H,49,60)(H,50,51,53)(H,52,59,61). The fourth-order valence-corrected chi connectivity index (χ4v) is 10.4. The number of carbonyl (C=O) groups excluding carboxylic acids is 5. The number of piperidine rings is 4. The van der Waals surface area contributed by atoms with Crippen molar-refractivity contribution in [3.63, 3.8) is 0 Å². The van der Waals surface area contributed by atoms with E-state index in [9.17, 15) is 28.8 Å². The number of pyridine rings is 1. The first kappa shape index (κ1) is 44.1. The first-order chi connectivity index (χ1) is 31.3. The Hall–Kier alpha value is -6.07. The van der Waals surface area contributed by atoms with Crippen molar-refractivity contribution < 1.29 is 28.7 Å². The van der Waals surface area contributed by atoms with Crippen LogP contribution in [0.1, 0.15) is 92.0 Å². The van der Waals surface area contributed by atoms with Gasteiger partial charge in [-0.3, -0.25) is 39.0 Å². The van der Waals surface area contributed by atoms with Gasteiger partial charge >= 0.3 is 0 Å². The second kappa shape index (κ2) is 18.1. The van der Waals surface area contributed by atoms with E-state index in [1.807, 2.05) is 38.1 Å². The molecule has 18 heteroatoms. The third-order valence-corrected chi connectivity index (χ3v) is 14.4. The second-order valence-corrected chi connectivity index (χ2v) is 18.8. The predicted molar refractivity (Wildman–Crippen MR) is 246 cm³/mol. The second-order valence-electron chi connectivity index (χ2n) is 18.4. The zero-order chi connectivity index (χ0) is 45.6. The summed E-state index contributed by atoms with van der Waals surface area (Å²) in [6.45, 7) is 10.3. The van der Waals surface area contributed by atoms with Crippen molar-refractivity contribution >= 4 is 75.2 Å². The number of amides is 5. The molecular weight excluding hydrogens is 852 g/mol. The van der Waals surface area contributed by atoms with Gasteiger partial charge in [0, 0.05) is 69.0 Å². The average Bonchev–Trinajstić information content (AvgIpc) is 3.55. The Morgan fingerprint density at radius 2 is 1.62 bits per heavy atom. The number of imide groups is 2. The lowest BCUT2D eigenvalue weighted by Gasteiger charge is -2.47. The van der Waals surface area contributed by atoms with E-state index < -0.39 is 29.7 Å². The Morgan fingerprint density at radius 3 is 2.32 bits per heavy atom. The molecule has 3 N–H and O–H groups in total. The molecule has 4 fully saturated rings. The number of anilines is 4. The average molecular weight is 907 g/mol. The van der Waals surface area contributed by atoms with Crippen LogP contribution in [0.2, 0.25) is 5.02 Å². The van der Waals surface area contributed by atoms with Gasteiger partial charge in [0.25, 0.3) is 23.3 Å². The number of halogens is 1. The maximum Gasteiger partial charge on any atom is 0.293 e. The van der Waals surface area contributed by atoms with Crippen LogP contribution in [0.5, 0.6) is 5.75 Å². The topological polar surface area (TPSA) is 191 Å². The molecule has 2 aromatic heterocycles. The van der Waals surface area contributed by atoms with Crippen molar-refractivity contribution in [1.29, 1.82) is 0 Å². The van der Waals surface area contributed by atoms with Gasteiger partial charge in [0.2, 0.25) is 17.8 Å². The number of rotatable bonds is 11. The minimum Gasteiger partial charge on any atom is -0.478 e. The van der Waals surface area contributed by atoms with Crippen LogP contribution in [0.25, 0.3) is 10.9 Å². The molecule has 7 heterocycles. The third-order valence-electron chi connectivity index (χ3n) is 14.1. The number of hydrogen-bond acceptors (Lipinski definition) is 13. The summed E-state index contributed by atoms with van der Waals surface area (Å²) >= 11 is 6.64. The summed E-state index contributed by atoms with van der Waals surface area (Å²) in [6, 6.07) is 11.6. The lowest BCUT2D eigenvalue weighted by molar-refractivity contribution is -0.136. The Morgan fingerprint density at radius 1 is 0.892 bits per heavy atom. The molecule has 4 aromatic rings. The summed E-state index contributed by atoms with van der Waals surface area (Å²) in [5, 5.41) is 9.27.